The lowest BCUT2D eigenvalue weighted by Crippen LogP contribution is -2.42. The van der Waals surface area contributed by atoms with Crippen molar-refractivity contribution < 1.29 is 14.6 Å². The molecule has 0 bridgehead atoms. The van der Waals surface area contributed by atoms with E-state index in [-0.39, 0.29) is 18.6 Å². The minimum absolute atomic E-state index is 0.184. The van der Waals surface area contributed by atoms with Crippen LogP contribution in [-0.4, -0.2) is 32.4 Å². The molecule has 0 fully saturated rings. The second-order valence-electron chi connectivity index (χ2n) is 12.7. The molecule has 1 aliphatic rings. The fourth-order valence-electron chi connectivity index (χ4n) is 6.46. The summed E-state index contributed by atoms with van der Waals surface area (Å²) >= 11 is 6.55. The van der Waals surface area contributed by atoms with Crippen molar-refractivity contribution in [3.05, 3.63) is 153 Å². The van der Waals surface area contributed by atoms with Gasteiger partial charge < -0.3 is 14.7 Å². The Hall–Kier alpha value is -4.55. The van der Waals surface area contributed by atoms with Crippen molar-refractivity contribution in [3.8, 4) is 5.75 Å². The van der Waals surface area contributed by atoms with E-state index in [2.05, 4.69) is 61.9 Å². The molecule has 1 aromatic heterocycles. The van der Waals surface area contributed by atoms with Crippen LogP contribution in [0.3, 0.4) is 0 Å². The Bertz CT molecular complexity index is 1720. The van der Waals surface area contributed by atoms with E-state index in [9.17, 15) is 9.90 Å². The van der Waals surface area contributed by atoms with Crippen molar-refractivity contribution in [3.63, 3.8) is 0 Å². The number of amides is 1. The molecule has 1 aliphatic heterocycles. The van der Waals surface area contributed by atoms with Gasteiger partial charge in [0.2, 0.25) is 0 Å². The van der Waals surface area contributed by atoms with E-state index in [1.807, 2.05) is 73.7 Å². The van der Waals surface area contributed by atoms with Crippen LogP contribution in [0.2, 0.25) is 5.02 Å². The Morgan fingerprint density at radius 3 is 1.91 bits per heavy atom. The Balaban J connectivity index is 1.59. The highest BCUT2D eigenvalue weighted by Crippen LogP contribution is 2.43. The number of aryl methyl sites for hydroxylation is 1. The molecule has 7 heteroatoms. The van der Waals surface area contributed by atoms with Crippen molar-refractivity contribution in [2.45, 2.75) is 58.2 Å². The molecule has 4 aromatic carbocycles. The Kier molecular flexibility index (Phi) is 8.19. The van der Waals surface area contributed by atoms with E-state index in [0.29, 0.717) is 18.0 Å². The molecule has 0 unspecified atom stereocenters. The van der Waals surface area contributed by atoms with Gasteiger partial charge in [-0.25, -0.2) is 9.48 Å². The number of carbonyl (C=O) groups is 1. The van der Waals surface area contributed by atoms with Gasteiger partial charge in [0.15, 0.2) is 0 Å². The lowest BCUT2D eigenvalue weighted by atomic mass is 9.76. The van der Waals surface area contributed by atoms with Crippen molar-refractivity contribution in [2.75, 3.05) is 6.54 Å². The van der Waals surface area contributed by atoms with Crippen LogP contribution in [0.1, 0.15) is 65.5 Å². The fraction of sp³-hybridized carbons (Fsp3) is 0.263. The molecule has 2 heterocycles. The monoisotopic (exact) mass is 619 g/mol. The van der Waals surface area contributed by atoms with E-state index in [0.717, 1.165) is 50.5 Å². The van der Waals surface area contributed by atoms with Gasteiger partial charge >= 0.3 is 6.09 Å². The van der Waals surface area contributed by atoms with Crippen LogP contribution in [-0.2, 0) is 30.5 Å². The molecule has 0 aliphatic carbocycles. The lowest BCUT2D eigenvalue weighted by Gasteiger charge is -2.39. The summed E-state index contributed by atoms with van der Waals surface area (Å²) in [5, 5.41) is 16.2. The third-order valence-corrected chi connectivity index (χ3v) is 9.15. The Morgan fingerprint density at radius 2 is 1.42 bits per heavy atom. The maximum Gasteiger partial charge on any atom is 0.407 e. The first-order valence-corrected chi connectivity index (χ1v) is 15.7. The molecular formula is C38H38ClN3O3. The van der Waals surface area contributed by atoms with Gasteiger partial charge in [0, 0.05) is 22.7 Å². The number of nitrogens with zero attached hydrogens (tertiary/aromatic N) is 3. The number of hydrogen-bond donors (Lipinski definition) is 1. The van der Waals surface area contributed by atoms with Gasteiger partial charge in [-0.2, -0.15) is 5.10 Å². The third kappa shape index (κ3) is 5.59. The van der Waals surface area contributed by atoms with Crippen LogP contribution in [0.5, 0.6) is 5.75 Å². The van der Waals surface area contributed by atoms with Crippen LogP contribution in [0.4, 0.5) is 4.79 Å². The van der Waals surface area contributed by atoms with Crippen LogP contribution in [0.15, 0.2) is 103 Å². The van der Waals surface area contributed by atoms with Crippen molar-refractivity contribution in [1.82, 2.24) is 14.7 Å². The van der Waals surface area contributed by atoms with E-state index in [4.69, 9.17) is 21.4 Å². The van der Waals surface area contributed by atoms with E-state index in [1.165, 1.54) is 4.90 Å². The zero-order valence-corrected chi connectivity index (χ0v) is 26.9. The number of halogens is 1. The first-order valence-electron chi connectivity index (χ1n) is 15.3. The summed E-state index contributed by atoms with van der Waals surface area (Å²) in [6.07, 6.45) is -0.400. The van der Waals surface area contributed by atoms with Crippen molar-refractivity contribution in [2.24, 2.45) is 0 Å². The summed E-state index contributed by atoms with van der Waals surface area (Å²) < 4.78 is 8.67. The van der Waals surface area contributed by atoms with Gasteiger partial charge in [-0.1, -0.05) is 123 Å². The predicted molar refractivity (Wildman–Crippen MR) is 178 cm³/mol. The largest absolute Gasteiger partial charge is 0.487 e. The molecule has 0 radical (unpaired) electrons. The minimum atomic E-state index is -0.942. The maximum absolute atomic E-state index is 12.3. The third-order valence-electron chi connectivity index (χ3n) is 8.74. The van der Waals surface area contributed by atoms with Crippen molar-refractivity contribution >= 4 is 17.7 Å². The highest BCUT2D eigenvalue weighted by Gasteiger charge is 2.43. The summed E-state index contributed by atoms with van der Waals surface area (Å²) in [5.74, 6) is 0.774. The number of fused-ring (bicyclic) bond motifs is 1. The molecule has 45 heavy (non-hydrogen) atoms. The Labute approximate surface area is 269 Å². The summed E-state index contributed by atoms with van der Waals surface area (Å²) in [5.41, 5.74) is 6.68. The fourth-order valence-corrected chi connectivity index (χ4v) is 6.63. The van der Waals surface area contributed by atoms with Gasteiger partial charge in [-0.05, 0) is 53.1 Å². The Morgan fingerprint density at radius 1 is 0.889 bits per heavy atom. The topological polar surface area (TPSA) is 67.6 Å². The maximum atomic E-state index is 12.3. The number of carboxylic acid groups (broad SMARTS) is 1. The van der Waals surface area contributed by atoms with Gasteiger partial charge in [-0.3, -0.25) is 0 Å². The highest BCUT2D eigenvalue weighted by atomic mass is 35.5. The van der Waals surface area contributed by atoms with Gasteiger partial charge in [0.25, 0.3) is 0 Å². The number of aromatic nitrogens is 2. The first kappa shape index (κ1) is 30.5. The number of rotatable bonds is 7. The van der Waals surface area contributed by atoms with Gasteiger partial charge in [0.1, 0.15) is 23.6 Å². The molecule has 1 amide bonds. The van der Waals surface area contributed by atoms with E-state index < -0.39 is 11.6 Å². The molecule has 5 aromatic rings. The smallest absolute Gasteiger partial charge is 0.407 e. The van der Waals surface area contributed by atoms with Crippen LogP contribution >= 0.6 is 11.6 Å². The molecule has 0 saturated heterocycles. The molecule has 0 atom stereocenters. The zero-order chi connectivity index (χ0) is 31.8. The summed E-state index contributed by atoms with van der Waals surface area (Å²) in [6, 6.07) is 35.0. The normalized spacial score (nSPS) is 13.4. The standard InChI is InChI=1S/C38H38ClN3O3/c1-26-22-35(31(23-32(26)39)37(2,3)4)45-25-33-30-20-21-41(36(43)44)24-34(30)42(40-33)38(27-14-8-5-9-15-27,28-16-10-6-11-17-28)29-18-12-7-13-19-29/h5-19,22-23H,20-21,24-25H2,1-4H3,(H,43,44). The first-order chi connectivity index (χ1) is 21.6. The molecular weight excluding hydrogens is 582 g/mol. The summed E-state index contributed by atoms with van der Waals surface area (Å²) in [6.45, 7) is 9.26. The van der Waals surface area contributed by atoms with Crippen molar-refractivity contribution in [1.29, 1.82) is 0 Å². The molecule has 6 nitrogen and oxygen atoms in total. The molecule has 6 rings (SSSR count). The molecule has 0 saturated carbocycles. The number of benzene rings is 4. The second-order valence-corrected chi connectivity index (χ2v) is 13.1. The minimum Gasteiger partial charge on any atom is -0.487 e. The van der Waals surface area contributed by atoms with Gasteiger partial charge in [-0.15, -0.1) is 0 Å². The summed E-state index contributed by atoms with van der Waals surface area (Å²) in [4.78, 5) is 13.8. The lowest BCUT2D eigenvalue weighted by molar-refractivity contribution is 0.137. The average molecular weight is 620 g/mol. The quantitative estimate of drug-likeness (QED) is 0.185. The SMILES string of the molecule is Cc1cc(OCc2nn(C(c3ccccc3)(c3ccccc3)c3ccccc3)c3c2CCN(C(=O)O)C3)c(C(C)(C)C)cc1Cl. The molecule has 230 valence electrons. The second kappa shape index (κ2) is 12.1. The average Bonchev–Trinajstić information content (AvgIpc) is 3.41. The van der Waals surface area contributed by atoms with Crippen LogP contribution in [0.25, 0.3) is 0 Å². The van der Waals surface area contributed by atoms with Crippen LogP contribution in [0, 0.1) is 6.92 Å². The van der Waals surface area contributed by atoms with Crippen LogP contribution < -0.4 is 4.74 Å². The number of hydrogen-bond acceptors (Lipinski definition) is 3. The summed E-state index contributed by atoms with van der Waals surface area (Å²) in [7, 11) is 0. The molecule has 1 N–H and O–H groups in total. The van der Waals surface area contributed by atoms with E-state index >= 15 is 0 Å². The van der Waals surface area contributed by atoms with E-state index in [1.54, 1.807) is 0 Å². The van der Waals surface area contributed by atoms with Gasteiger partial charge in [0.05, 0.1) is 12.2 Å². The highest BCUT2D eigenvalue weighted by molar-refractivity contribution is 6.31. The molecule has 0 spiro atoms. The zero-order valence-electron chi connectivity index (χ0n) is 26.1. The number of ether oxygens (including phenoxy) is 1. The predicted octanol–water partition coefficient (Wildman–Crippen LogP) is 8.60.